The zero-order valence-electron chi connectivity index (χ0n) is 12.3. The van der Waals surface area contributed by atoms with E-state index in [0.29, 0.717) is 24.6 Å². The number of benzene rings is 1. The van der Waals surface area contributed by atoms with Crippen LogP contribution >= 0.6 is 0 Å². The third-order valence-corrected chi connectivity index (χ3v) is 2.99. The summed E-state index contributed by atoms with van der Waals surface area (Å²) < 4.78 is 13.2. The molecule has 0 radical (unpaired) electrons. The van der Waals surface area contributed by atoms with E-state index in [0.717, 1.165) is 17.8 Å². The maximum absolute atomic E-state index is 13.2. The fourth-order valence-corrected chi connectivity index (χ4v) is 1.88. The van der Waals surface area contributed by atoms with Gasteiger partial charge in [0.1, 0.15) is 5.82 Å². The van der Waals surface area contributed by atoms with Crippen LogP contribution in [-0.2, 0) is 13.1 Å². The van der Waals surface area contributed by atoms with Crippen LogP contribution in [0.15, 0.2) is 35.5 Å². The number of H-pyrrole nitrogens is 1. The molecular formula is C15H20FN5. The number of nitrogens with zero attached hydrogens (tertiary/aromatic N) is 2. The summed E-state index contributed by atoms with van der Waals surface area (Å²) >= 11 is 0. The highest BCUT2D eigenvalue weighted by Crippen LogP contribution is 2.10. The maximum Gasteiger partial charge on any atom is 0.191 e. The first-order valence-corrected chi connectivity index (χ1v) is 6.94. The Kier molecular flexibility index (Phi) is 5.31. The van der Waals surface area contributed by atoms with Crippen molar-refractivity contribution >= 4 is 5.96 Å². The average Bonchev–Trinajstić information content (AvgIpc) is 2.99. The fourth-order valence-electron chi connectivity index (χ4n) is 1.88. The Balaban J connectivity index is 1.97. The summed E-state index contributed by atoms with van der Waals surface area (Å²) in [5.41, 5.74) is 2.60. The summed E-state index contributed by atoms with van der Waals surface area (Å²) in [6.45, 7) is 5.66. The monoisotopic (exact) mass is 289 g/mol. The number of aromatic amines is 1. The van der Waals surface area contributed by atoms with Gasteiger partial charge in [-0.1, -0.05) is 12.1 Å². The Bertz CT molecular complexity index is 592. The number of aromatic nitrogens is 2. The van der Waals surface area contributed by atoms with Crippen molar-refractivity contribution in [3.63, 3.8) is 0 Å². The lowest BCUT2D eigenvalue weighted by Crippen LogP contribution is -2.36. The number of halogens is 1. The number of aliphatic imine (C=N–C) groups is 1. The van der Waals surface area contributed by atoms with E-state index < -0.39 is 0 Å². The van der Waals surface area contributed by atoms with Crippen LogP contribution in [0.3, 0.4) is 0 Å². The van der Waals surface area contributed by atoms with Gasteiger partial charge in [-0.15, -0.1) is 0 Å². The Hall–Kier alpha value is -2.37. The molecule has 0 spiro atoms. The standard InChI is InChI=1S/C15H20FN5/c1-3-17-15(19-10-13-6-7-20-21-13)18-9-12-4-5-14(16)11(2)8-12/h4-8H,3,9-10H2,1-2H3,(H,20,21)(H2,17,18,19). The third kappa shape index (κ3) is 4.59. The molecule has 0 saturated carbocycles. The van der Waals surface area contributed by atoms with Crippen LogP contribution in [-0.4, -0.2) is 22.7 Å². The van der Waals surface area contributed by atoms with Crippen LogP contribution in [0.5, 0.6) is 0 Å². The normalized spacial score (nSPS) is 11.5. The van der Waals surface area contributed by atoms with Gasteiger partial charge in [0.05, 0.1) is 18.8 Å². The minimum absolute atomic E-state index is 0.188. The zero-order valence-corrected chi connectivity index (χ0v) is 12.3. The minimum atomic E-state index is -0.188. The molecule has 3 N–H and O–H groups in total. The molecule has 0 bridgehead atoms. The third-order valence-electron chi connectivity index (χ3n) is 2.99. The number of hydrogen-bond donors (Lipinski definition) is 3. The molecule has 1 heterocycles. The lowest BCUT2D eigenvalue weighted by molar-refractivity contribution is 0.617. The summed E-state index contributed by atoms with van der Waals surface area (Å²) in [5, 5.41) is 13.2. The van der Waals surface area contributed by atoms with Gasteiger partial charge in [0.15, 0.2) is 5.96 Å². The molecule has 0 aliphatic rings. The van der Waals surface area contributed by atoms with E-state index >= 15 is 0 Å². The van der Waals surface area contributed by atoms with Crippen LogP contribution in [0, 0.1) is 12.7 Å². The number of aryl methyl sites for hydroxylation is 1. The van der Waals surface area contributed by atoms with Crippen molar-refractivity contribution in [2.45, 2.75) is 26.9 Å². The number of rotatable bonds is 5. The molecule has 0 atom stereocenters. The molecule has 112 valence electrons. The maximum atomic E-state index is 13.2. The average molecular weight is 289 g/mol. The van der Waals surface area contributed by atoms with Crippen molar-refractivity contribution < 1.29 is 4.39 Å². The smallest absolute Gasteiger partial charge is 0.191 e. The van der Waals surface area contributed by atoms with Gasteiger partial charge >= 0.3 is 0 Å². The van der Waals surface area contributed by atoms with Crippen LogP contribution in [0.1, 0.15) is 23.7 Å². The molecule has 2 aromatic rings. The van der Waals surface area contributed by atoms with Crippen LogP contribution < -0.4 is 10.6 Å². The van der Waals surface area contributed by atoms with E-state index in [9.17, 15) is 4.39 Å². The predicted octanol–water partition coefficient (Wildman–Crippen LogP) is 2.11. The van der Waals surface area contributed by atoms with Crippen molar-refractivity contribution in [1.29, 1.82) is 0 Å². The lowest BCUT2D eigenvalue weighted by Gasteiger charge is -2.10. The van der Waals surface area contributed by atoms with E-state index in [1.165, 1.54) is 6.07 Å². The van der Waals surface area contributed by atoms with Gasteiger partial charge in [0.25, 0.3) is 0 Å². The predicted molar refractivity (Wildman–Crippen MR) is 81.4 cm³/mol. The van der Waals surface area contributed by atoms with Crippen molar-refractivity contribution in [2.75, 3.05) is 6.54 Å². The Morgan fingerprint density at radius 3 is 2.86 bits per heavy atom. The van der Waals surface area contributed by atoms with Crippen LogP contribution in [0.25, 0.3) is 0 Å². The molecule has 5 nitrogen and oxygen atoms in total. The van der Waals surface area contributed by atoms with Crippen LogP contribution in [0.4, 0.5) is 4.39 Å². The van der Waals surface area contributed by atoms with E-state index in [4.69, 9.17) is 0 Å². The summed E-state index contributed by atoms with van der Waals surface area (Å²) in [4.78, 5) is 4.49. The van der Waals surface area contributed by atoms with Crippen LogP contribution in [0.2, 0.25) is 0 Å². The van der Waals surface area contributed by atoms with Gasteiger partial charge in [-0.2, -0.15) is 5.10 Å². The van der Waals surface area contributed by atoms with Crippen molar-refractivity contribution in [1.82, 2.24) is 20.8 Å². The molecule has 0 unspecified atom stereocenters. The summed E-state index contributed by atoms with van der Waals surface area (Å²) in [7, 11) is 0. The first-order valence-electron chi connectivity index (χ1n) is 6.94. The largest absolute Gasteiger partial charge is 0.357 e. The highest BCUT2D eigenvalue weighted by Gasteiger charge is 2.01. The molecular weight excluding hydrogens is 269 g/mol. The zero-order chi connectivity index (χ0) is 15.1. The Morgan fingerprint density at radius 2 is 2.19 bits per heavy atom. The topological polar surface area (TPSA) is 65.1 Å². The minimum Gasteiger partial charge on any atom is -0.357 e. The van der Waals surface area contributed by atoms with Gasteiger partial charge in [-0.3, -0.25) is 5.10 Å². The molecule has 21 heavy (non-hydrogen) atoms. The number of nitrogens with one attached hydrogen (secondary N) is 3. The molecule has 0 aliphatic heterocycles. The molecule has 0 saturated heterocycles. The van der Waals surface area contributed by atoms with Gasteiger partial charge in [0.2, 0.25) is 0 Å². The second-order valence-corrected chi connectivity index (χ2v) is 4.71. The van der Waals surface area contributed by atoms with E-state index in [1.54, 1.807) is 19.2 Å². The molecule has 6 heteroatoms. The second kappa shape index (κ2) is 7.42. The molecule has 2 rings (SSSR count). The Labute approximate surface area is 123 Å². The first kappa shape index (κ1) is 15.0. The highest BCUT2D eigenvalue weighted by atomic mass is 19.1. The Morgan fingerprint density at radius 1 is 1.33 bits per heavy atom. The molecule has 0 fully saturated rings. The first-order chi connectivity index (χ1) is 10.2. The fraction of sp³-hybridized carbons (Fsp3) is 0.333. The van der Waals surface area contributed by atoms with Gasteiger partial charge in [-0.25, -0.2) is 9.38 Å². The van der Waals surface area contributed by atoms with Crippen molar-refractivity contribution in [2.24, 2.45) is 4.99 Å². The lowest BCUT2D eigenvalue weighted by atomic mass is 10.1. The quantitative estimate of drug-likeness (QED) is 0.583. The van der Waals surface area contributed by atoms with E-state index in [1.807, 2.05) is 19.1 Å². The second-order valence-electron chi connectivity index (χ2n) is 4.71. The van der Waals surface area contributed by atoms with Crippen molar-refractivity contribution in [3.8, 4) is 0 Å². The van der Waals surface area contributed by atoms with E-state index in [2.05, 4.69) is 25.8 Å². The van der Waals surface area contributed by atoms with Gasteiger partial charge < -0.3 is 10.6 Å². The SMILES string of the molecule is CCNC(=NCc1ccc(F)c(C)c1)NCc1ccn[nH]1. The summed E-state index contributed by atoms with van der Waals surface area (Å²) in [5.74, 6) is 0.529. The van der Waals surface area contributed by atoms with Crippen molar-refractivity contribution in [3.05, 3.63) is 53.1 Å². The molecule has 0 amide bonds. The highest BCUT2D eigenvalue weighted by molar-refractivity contribution is 5.79. The molecule has 1 aromatic heterocycles. The molecule has 0 aliphatic carbocycles. The van der Waals surface area contributed by atoms with Gasteiger partial charge in [0, 0.05) is 12.7 Å². The summed E-state index contributed by atoms with van der Waals surface area (Å²) in [6.07, 6.45) is 1.71. The molecule has 1 aromatic carbocycles. The van der Waals surface area contributed by atoms with Gasteiger partial charge in [-0.05, 0) is 37.1 Å². The number of guanidine groups is 1. The summed E-state index contributed by atoms with van der Waals surface area (Å²) in [6, 6.07) is 6.95. The van der Waals surface area contributed by atoms with E-state index in [-0.39, 0.29) is 5.82 Å². The number of hydrogen-bond acceptors (Lipinski definition) is 2.